The number of rotatable bonds is 3. The van der Waals surface area contributed by atoms with Gasteiger partial charge >= 0.3 is 6.03 Å². The summed E-state index contributed by atoms with van der Waals surface area (Å²) in [4.78, 5) is 44.3. The smallest absolute Gasteiger partial charge is 0.328 e. The van der Waals surface area contributed by atoms with Gasteiger partial charge in [0.2, 0.25) is 17.4 Å². The quantitative estimate of drug-likeness (QED) is 0.460. The fraction of sp³-hybridized carbons (Fsp3) is 0.409. The number of ether oxygens (including phenoxy) is 1. The van der Waals surface area contributed by atoms with Crippen molar-refractivity contribution in [2.75, 3.05) is 16.8 Å². The molecule has 1 aromatic carbocycles. The zero-order chi connectivity index (χ0) is 24.5. The van der Waals surface area contributed by atoms with E-state index in [0.29, 0.717) is 23.3 Å². The van der Waals surface area contributed by atoms with Gasteiger partial charge in [-0.15, -0.1) is 11.3 Å². The molecule has 0 saturated carbocycles. The number of anilines is 2. The number of barbiturate groups is 1. The van der Waals surface area contributed by atoms with Crippen LogP contribution in [0, 0.1) is 11.2 Å². The maximum absolute atomic E-state index is 16.0. The van der Waals surface area contributed by atoms with E-state index in [9.17, 15) is 14.4 Å². The summed E-state index contributed by atoms with van der Waals surface area (Å²) in [6.07, 6.45) is 0.669. The maximum atomic E-state index is 16.0. The normalized spacial score (nSPS) is 25.3. The van der Waals surface area contributed by atoms with Crippen LogP contribution in [0.25, 0.3) is 11.0 Å². The molecule has 0 bridgehead atoms. The molecule has 5 heterocycles. The lowest BCUT2D eigenvalue weighted by Crippen LogP contribution is -2.75. The van der Waals surface area contributed by atoms with E-state index in [2.05, 4.69) is 26.1 Å². The predicted octanol–water partition coefficient (Wildman–Crippen LogP) is 1.93. The van der Waals surface area contributed by atoms with Gasteiger partial charge in [0.25, 0.3) is 0 Å². The van der Waals surface area contributed by atoms with Gasteiger partial charge in [0, 0.05) is 24.5 Å². The number of hydrogen-bond acceptors (Lipinski definition) is 10. The number of benzene rings is 1. The molecule has 182 valence electrons. The highest BCUT2D eigenvalue weighted by atomic mass is 32.1. The van der Waals surface area contributed by atoms with Crippen LogP contribution in [0.2, 0.25) is 0 Å². The second-order valence-corrected chi connectivity index (χ2v) is 10.00. The summed E-state index contributed by atoms with van der Waals surface area (Å²) in [7, 11) is 0. The van der Waals surface area contributed by atoms with Crippen LogP contribution in [-0.4, -0.2) is 52.8 Å². The Morgan fingerprint density at radius 2 is 2.06 bits per heavy atom. The first-order valence-corrected chi connectivity index (χ1v) is 12.0. The van der Waals surface area contributed by atoms with E-state index < -0.39 is 41.2 Å². The van der Waals surface area contributed by atoms with Crippen molar-refractivity contribution in [1.29, 1.82) is 0 Å². The molecule has 6 rings (SSSR count). The van der Waals surface area contributed by atoms with Crippen LogP contribution in [0.5, 0.6) is 0 Å². The predicted molar refractivity (Wildman–Crippen MR) is 122 cm³/mol. The molecule has 35 heavy (non-hydrogen) atoms. The number of carbonyl (C=O) groups is 3. The van der Waals surface area contributed by atoms with Crippen LogP contribution in [0.4, 0.5) is 20.7 Å². The van der Waals surface area contributed by atoms with Crippen molar-refractivity contribution in [3.8, 4) is 0 Å². The zero-order valence-electron chi connectivity index (χ0n) is 18.8. The van der Waals surface area contributed by atoms with Crippen LogP contribution in [-0.2, 0) is 27.3 Å². The summed E-state index contributed by atoms with van der Waals surface area (Å²) < 4.78 is 27.3. The Morgan fingerprint density at radius 1 is 1.29 bits per heavy atom. The van der Waals surface area contributed by atoms with Crippen LogP contribution in [0.3, 0.4) is 0 Å². The van der Waals surface area contributed by atoms with Crippen molar-refractivity contribution in [1.82, 2.24) is 20.8 Å². The average Bonchev–Trinajstić information content (AvgIpc) is 3.45. The minimum Gasteiger partial charge on any atom is -0.372 e. The summed E-state index contributed by atoms with van der Waals surface area (Å²) in [6, 6.07) is -0.0273. The van der Waals surface area contributed by atoms with Gasteiger partial charge in [-0.1, -0.05) is 5.16 Å². The van der Waals surface area contributed by atoms with Gasteiger partial charge in [0.1, 0.15) is 5.01 Å². The first kappa shape index (κ1) is 21.9. The molecule has 3 aromatic rings. The molecule has 13 heteroatoms. The largest absolute Gasteiger partial charge is 0.372 e. The highest BCUT2D eigenvalue weighted by Gasteiger charge is 2.63. The fourth-order valence-corrected chi connectivity index (χ4v) is 6.13. The fourth-order valence-electron chi connectivity index (χ4n) is 5.58. The molecule has 2 saturated heterocycles. The Bertz CT molecular complexity index is 1350. The van der Waals surface area contributed by atoms with E-state index in [1.54, 1.807) is 24.1 Å². The van der Waals surface area contributed by atoms with Crippen molar-refractivity contribution in [3.63, 3.8) is 0 Å². The minimum atomic E-state index is -1.69. The lowest BCUT2D eigenvalue weighted by Gasteiger charge is -2.55. The molecule has 3 N–H and O–H groups in total. The molecule has 4 amide bonds. The van der Waals surface area contributed by atoms with E-state index in [1.807, 2.05) is 12.3 Å². The van der Waals surface area contributed by atoms with Crippen LogP contribution in [0.15, 0.2) is 22.2 Å². The first-order chi connectivity index (χ1) is 16.8. The van der Waals surface area contributed by atoms with E-state index in [4.69, 9.17) is 9.26 Å². The molecular weight excluding hydrogens is 479 g/mol. The number of aromatic nitrogens is 2. The van der Waals surface area contributed by atoms with Crippen LogP contribution in [0.1, 0.15) is 24.4 Å². The van der Waals surface area contributed by atoms with Gasteiger partial charge in [-0.3, -0.25) is 20.2 Å². The lowest BCUT2D eigenvalue weighted by atomic mass is 9.66. The molecule has 1 spiro atoms. The Hall–Kier alpha value is -3.58. The van der Waals surface area contributed by atoms with Gasteiger partial charge in [0.05, 0.1) is 35.9 Å². The molecule has 2 aromatic heterocycles. The highest BCUT2D eigenvalue weighted by Crippen LogP contribution is 2.49. The third-order valence-electron chi connectivity index (χ3n) is 6.86. The van der Waals surface area contributed by atoms with E-state index in [-0.39, 0.29) is 30.3 Å². The third kappa shape index (κ3) is 3.14. The third-order valence-corrected chi connectivity index (χ3v) is 7.64. The number of halogens is 1. The monoisotopic (exact) mass is 500 g/mol. The second-order valence-electron chi connectivity index (χ2n) is 9.02. The molecule has 0 aliphatic carbocycles. The Kier molecular flexibility index (Phi) is 4.83. The van der Waals surface area contributed by atoms with Crippen LogP contribution >= 0.6 is 11.3 Å². The second kappa shape index (κ2) is 7.71. The van der Waals surface area contributed by atoms with Crippen molar-refractivity contribution in [3.05, 3.63) is 34.0 Å². The van der Waals surface area contributed by atoms with E-state index >= 15 is 4.39 Å². The number of imide groups is 2. The standard InChI is InChI=1S/C22H21FN6O5S/c1-9-8-29-15-11(6-22(17(29)10(2)33-9)19(30)26-21(32)27-20(22)31)5-12-16(14(15)23)34-28-18(12)25-7-13-24-3-4-35-13/h3-5,9-10,17H,6-8H2,1-2H3,(H,25,28)(H2,26,27,30,31,32)/t9-,10-,17-/m1/s1. The number of thiazole rings is 1. The van der Waals surface area contributed by atoms with Gasteiger partial charge in [-0.2, -0.15) is 0 Å². The summed E-state index contributed by atoms with van der Waals surface area (Å²) in [5.41, 5.74) is -1.03. The summed E-state index contributed by atoms with van der Waals surface area (Å²) >= 11 is 1.46. The number of amides is 4. The molecule has 2 fully saturated rings. The number of nitrogens with one attached hydrogen (secondary N) is 3. The van der Waals surface area contributed by atoms with Crippen LogP contribution < -0.4 is 20.9 Å². The summed E-state index contributed by atoms with van der Waals surface area (Å²) in [5.74, 6) is -1.76. The number of nitrogens with zero attached hydrogens (tertiary/aromatic N) is 3. The molecular formula is C22H21FN6O5S. The van der Waals surface area contributed by atoms with E-state index in [0.717, 1.165) is 5.01 Å². The van der Waals surface area contributed by atoms with Crippen molar-refractivity contribution < 1.29 is 28.0 Å². The minimum absolute atomic E-state index is 0.0281. The topological polar surface area (TPSA) is 139 Å². The van der Waals surface area contributed by atoms with Gasteiger partial charge < -0.3 is 19.5 Å². The average molecular weight is 501 g/mol. The number of fused-ring (bicyclic) bond motifs is 5. The zero-order valence-corrected chi connectivity index (χ0v) is 19.6. The number of hydrogen-bond donors (Lipinski definition) is 3. The molecule has 3 aliphatic rings. The Balaban J connectivity index is 1.50. The van der Waals surface area contributed by atoms with Gasteiger partial charge in [-0.25, -0.2) is 14.2 Å². The molecule has 11 nitrogen and oxygen atoms in total. The Morgan fingerprint density at radius 3 is 2.77 bits per heavy atom. The molecule has 3 aliphatic heterocycles. The molecule has 0 radical (unpaired) electrons. The molecule has 0 unspecified atom stereocenters. The van der Waals surface area contributed by atoms with Crippen molar-refractivity contribution >= 4 is 51.7 Å². The number of urea groups is 1. The number of carbonyl (C=O) groups excluding carboxylic acids is 3. The van der Waals surface area contributed by atoms with Gasteiger partial charge in [0.15, 0.2) is 17.1 Å². The lowest BCUT2D eigenvalue weighted by molar-refractivity contribution is -0.153. The maximum Gasteiger partial charge on any atom is 0.328 e. The Labute approximate surface area is 202 Å². The van der Waals surface area contributed by atoms with Crippen molar-refractivity contribution in [2.45, 2.75) is 45.1 Å². The summed E-state index contributed by atoms with van der Waals surface area (Å²) in [5, 5.41) is 14.6. The van der Waals surface area contributed by atoms with E-state index in [1.165, 1.54) is 11.3 Å². The summed E-state index contributed by atoms with van der Waals surface area (Å²) in [6.45, 7) is 4.19. The first-order valence-electron chi connectivity index (χ1n) is 11.1. The van der Waals surface area contributed by atoms with Crippen molar-refractivity contribution in [2.24, 2.45) is 5.41 Å². The number of morpholine rings is 1. The van der Waals surface area contributed by atoms with Gasteiger partial charge in [-0.05, 0) is 25.5 Å². The molecule has 3 atom stereocenters. The highest BCUT2D eigenvalue weighted by molar-refractivity contribution is 7.09. The SMILES string of the molecule is C[C@@H]1CN2c3c(cc4c(NCc5nccs5)noc4c3F)CC3(C(=O)NC(=O)NC3=O)[C@H]2[C@@H](C)O1.